The van der Waals surface area contributed by atoms with Gasteiger partial charge in [0.05, 0.1) is 11.1 Å². The Balaban J connectivity index is 2.03. The molecule has 1 saturated heterocycles. The lowest BCUT2D eigenvalue weighted by Gasteiger charge is -2.43. The van der Waals surface area contributed by atoms with Crippen LogP contribution in [-0.2, 0) is 10.2 Å². The van der Waals surface area contributed by atoms with E-state index in [4.69, 9.17) is 23.2 Å². The molecule has 1 heterocycles. The highest BCUT2D eigenvalue weighted by Crippen LogP contribution is 2.54. The second-order valence-electron chi connectivity index (χ2n) is 8.72. The Morgan fingerprint density at radius 3 is 2.55 bits per heavy atom. The van der Waals surface area contributed by atoms with Crippen molar-refractivity contribution in [2.24, 2.45) is 11.8 Å². The molecule has 5 atom stereocenters. The number of carboxylic acid groups (broad SMARTS) is 1. The number of carbonyl (C=O) groups is 1. The van der Waals surface area contributed by atoms with E-state index in [0.29, 0.717) is 0 Å². The standard InChI is InChI=1S/C24H22Cl2F2N2O3/c25-13-7-8-16(18(27)9-13)24(11-29)19(14-5-2-6-17(26)20(14)28)21(23(32)33)30-22(24)15(10-31)12-3-1-4-12/h2,5-9,12,15,19,21-22,30-31H,1,3-4,10H2,(H,32,33)/t15?,19-,21+,22-,24+/m1/s1. The molecule has 2 aliphatic rings. The zero-order chi connectivity index (χ0) is 23.9. The van der Waals surface area contributed by atoms with Crippen LogP contribution < -0.4 is 5.32 Å². The molecule has 33 heavy (non-hydrogen) atoms. The SMILES string of the molecule is N#C[C@@]1(c2ccc(Cl)cc2F)[C@@H](C(CO)C2CCC2)N[C@H](C(=O)O)[C@H]1c1cccc(Cl)c1F. The molecule has 3 N–H and O–H groups in total. The Hall–Kier alpha value is -2.24. The number of carboxylic acids is 1. The summed E-state index contributed by atoms with van der Waals surface area (Å²) in [5.74, 6) is -4.83. The zero-order valence-electron chi connectivity index (χ0n) is 17.4. The summed E-state index contributed by atoms with van der Waals surface area (Å²) in [4.78, 5) is 12.4. The predicted molar refractivity (Wildman–Crippen MR) is 119 cm³/mol. The second kappa shape index (κ2) is 9.19. The van der Waals surface area contributed by atoms with E-state index in [1.807, 2.05) is 0 Å². The lowest BCUT2D eigenvalue weighted by molar-refractivity contribution is -0.139. The molecule has 1 aliphatic carbocycles. The highest BCUT2D eigenvalue weighted by molar-refractivity contribution is 6.31. The van der Waals surface area contributed by atoms with E-state index in [9.17, 15) is 20.3 Å². The van der Waals surface area contributed by atoms with Gasteiger partial charge in [0, 0.05) is 35.1 Å². The van der Waals surface area contributed by atoms with Crippen LogP contribution in [0.15, 0.2) is 36.4 Å². The van der Waals surface area contributed by atoms with Crippen LogP contribution in [0.3, 0.4) is 0 Å². The summed E-state index contributed by atoms with van der Waals surface area (Å²) in [5.41, 5.74) is -2.06. The van der Waals surface area contributed by atoms with E-state index in [2.05, 4.69) is 11.4 Å². The fourth-order valence-corrected chi connectivity index (χ4v) is 5.83. The van der Waals surface area contributed by atoms with Gasteiger partial charge >= 0.3 is 5.97 Å². The van der Waals surface area contributed by atoms with Crippen LogP contribution in [0.2, 0.25) is 10.0 Å². The third-order valence-corrected chi connectivity index (χ3v) is 7.74. The first-order chi connectivity index (χ1) is 15.8. The number of nitrogens with one attached hydrogen (secondary N) is 1. The van der Waals surface area contributed by atoms with Crippen molar-refractivity contribution in [2.75, 3.05) is 6.61 Å². The molecule has 2 fully saturated rings. The van der Waals surface area contributed by atoms with Crippen molar-refractivity contribution in [1.29, 1.82) is 5.26 Å². The average molecular weight is 495 g/mol. The summed E-state index contributed by atoms with van der Waals surface area (Å²) < 4.78 is 30.6. The molecule has 1 aliphatic heterocycles. The highest BCUT2D eigenvalue weighted by atomic mass is 35.5. The predicted octanol–water partition coefficient (Wildman–Crippen LogP) is 4.65. The number of rotatable bonds is 6. The number of nitriles is 1. The summed E-state index contributed by atoms with van der Waals surface area (Å²) in [5, 5.41) is 33.8. The molecule has 1 unspecified atom stereocenters. The number of aliphatic hydroxyl groups excluding tert-OH is 1. The zero-order valence-corrected chi connectivity index (χ0v) is 19.0. The lowest BCUT2D eigenvalue weighted by Crippen LogP contribution is -2.52. The van der Waals surface area contributed by atoms with E-state index in [1.165, 1.54) is 30.3 Å². The Bertz CT molecular complexity index is 1120. The molecular weight excluding hydrogens is 473 g/mol. The molecule has 0 radical (unpaired) electrons. The fraction of sp³-hybridized carbons (Fsp3) is 0.417. The van der Waals surface area contributed by atoms with Gasteiger partial charge in [-0.2, -0.15) is 5.26 Å². The molecule has 2 aromatic rings. The maximum atomic E-state index is 15.4. The van der Waals surface area contributed by atoms with Gasteiger partial charge in [0.2, 0.25) is 0 Å². The number of aliphatic hydroxyl groups is 1. The largest absolute Gasteiger partial charge is 0.480 e. The van der Waals surface area contributed by atoms with Crippen LogP contribution in [0.4, 0.5) is 8.78 Å². The topological polar surface area (TPSA) is 93.4 Å². The van der Waals surface area contributed by atoms with E-state index in [-0.39, 0.29) is 33.7 Å². The minimum Gasteiger partial charge on any atom is -0.480 e. The number of hydrogen-bond donors (Lipinski definition) is 3. The Kier molecular flexibility index (Phi) is 6.66. The molecule has 9 heteroatoms. The number of hydrogen-bond acceptors (Lipinski definition) is 4. The number of nitrogens with zero attached hydrogens (tertiary/aromatic N) is 1. The summed E-state index contributed by atoms with van der Waals surface area (Å²) in [6.45, 7) is -0.335. The molecule has 4 rings (SSSR count). The Labute approximate surface area is 199 Å². The minimum absolute atomic E-state index is 0.0213. The summed E-state index contributed by atoms with van der Waals surface area (Å²) in [7, 11) is 0. The third-order valence-electron chi connectivity index (χ3n) is 7.21. The lowest BCUT2D eigenvalue weighted by atomic mass is 9.59. The van der Waals surface area contributed by atoms with Gasteiger partial charge in [0.15, 0.2) is 0 Å². The first-order valence-corrected chi connectivity index (χ1v) is 11.4. The van der Waals surface area contributed by atoms with Crippen molar-refractivity contribution in [3.05, 3.63) is 69.2 Å². The van der Waals surface area contributed by atoms with E-state index in [1.54, 1.807) is 0 Å². The van der Waals surface area contributed by atoms with Gasteiger partial charge in [-0.1, -0.05) is 60.7 Å². The van der Waals surface area contributed by atoms with Crippen LogP contribution in [0.5, 0.6) is 0 Å². The van der Waals surface area contributed by atoms with Crippen molar-refractivity contribution >= 4 is 29.2 Å². The van der Waals surface area contributed by atoms with Gasteiger partial charge in [0.1, 0.15) is 23.1 Å². The maximum absolute atomic E-state index is 15.4. The Morgan fingerprint density at radius 2 is 2.00 bits per heavy atom. The van der Waals surface area contributed by atoms with Crippen molar-refractivity contribution in [3.63, 3.8) is 0 Å². The molecule has 174 valence electrons. The van der Waals surface area contributed by atoms with Crippen molar-refractivity contribution in [3.8, 4) is 6.07 Å². The smallest absolute Gasteiger partial charge is 0.321 e. The molecule has 0 spiro atoms. The van der Waals surface area contributed by atoms with Gasteiger partial charge in [-0.25, -0.2) is 8.78 Å². The molecule has 0 amide bonds. The minimum atomic E-state index is -1.85. The highest BCUT2D eigenvalue weighted by Gasteiger charge is 2.63. The molecule has 0 bridgehead atoms. The number of halogens is 4. The van der Waals surface area contributed by atoms with Crippen LogP contribution in [0.1, 0.15) is 36.3 Å². The van der Waals surface area contributed by atoms with Crippen LogP contribution in [-0.4, -0.2) is 34.9 Å². The first kappa shape index (κ1) is 23.9. The van der Waals surface area contributed by atoms with Gasteiger partial charge in [-0.3, -0.25) is 10.1 Å². The number of benzene rings is 2. The van der Waals surface area contributed by atoms with E-state index in [0.717, 1.165) is 25.3 Å². The fourth-order valence-electron chi connectivity index (χ4n) is 5.49. The van der Waals surface area contributed by atoms with Crippen molar-refractivity contribution in [2.45, 2.75) is 42.7 Å². The van der Waals surface area contributed by atoms with Crippen LogP contribution in [0.25, 0.3) is 0 Å². The normalized spacial score (nSPS) is 28.2. The maximum Gasteiger partial charge on any atom is 0.321 e. The van der Waals surface area contributed by atoms with Crippen molar-refractivity contribution in [1.82, 2.24) is 5.32 Å². The quantitative estimate of drug-likeness (QED) is 0.543. The molecule has 5 nitrogen and oxygen atoms in total. The van der Waals surface area contributed by atoms with Gasteiger partial charge < -0.3 is 10.2 Å². The van der Waals surface area contributed by atoms with Crippen LogP contribution in [0, 0.1) is 34.8 Å². The van der Waals surface area contributed by atoms with E-state index >= 15 is 8.78 Å². The molecule has 1 saturated carbocycles. The van der Waals surface area contributed by atoms with Crippen molar-refractivity contribution < 1.29 is 23.8 Å². The molecule has 2 aromatic carbocycles. The number of aliphatic carboxylic acids is 1. The van der Waals surface area contributed by atoms with Gasteiger partial charge in [0.25, 0.3) is 0 Å². The monoisotopic (exact) mass is 494 g/mol. The molecule has 0 aromatic heterocycles. The summed E-state index contributed by atoms with van der Waals surface area (Å²) >= 11 is 12.0. The van der Waals surface area contributed by atoms with Gasteiger partial charge in [-0.15, -0.1) is 0 Å². The van der Waals surface area contributed by atoms with Crippen LogP contribution >= 0.6 is 23.2 Å². The third kappa shape index (κ3) is 3.79. The molecular formula is C24H22Cl2F2N2O3. The van der Waals surface area contributed by atoms with Gasteiger partial charge in [-0.05, 0) is 29.7 Å². The first-order valence-electron chi connectivity index (χ1n) is 10.7. The van der Waals surface area contributed by atoms with E-state index < -0.39 is 46.9 Å². The average Bonchev–Trinajstić information content (AvgIpc) is 3.08. The Morgan fingerprint density at radius 1 is 1.27 bits per heavy atom. The summed E-state index contributed by atoms with van der Waals surface area (Å²) in [6, 6.07) is 7.72. The second-order valence-corrected chi connectivity index (χ2v) is 9.57. The summed E-state index contributed by atoms with van der Waals surface area (Å²) in [6.07, 6.45) is 2.53.